The number of aromatic nitrogens is 2. The van der Waals surface area contributed by atoms with E-state index >= 15 is 0 Å². The van der Waals surface area contributed by atoms with Gasteiger partial charge in [-0.05, 0) is 30.2 Å². The van der Waals surface area contributed by atoms with Gasteiger partial charge in [0.2, 0.25) is 0 Å². The fraction of sp³-hybridized carbons (Fsp3) is 0.286. The SMILES string of the molecule is CCCn1nccc1C(=O)Cc1cccc(Br)c1. The molecule has 0 aliphatic heterocycles. The van der Waals surface area contributed by atoms with Crippen LogP contribution in [0.15, 0.2) is 41.0 Å². The minimum atomic E-state index is 0.110. The molecule has 3 nitrogen and oxygen atoms in total. The molecule has 0 amide bonds. The lowest BCUT2D eigenvalue weighted by Crippen LogP contribution is -2.12. The Labute approximate surface area is 115 Å². The second kappa shape index (κ2) is 5.96. The van der Waals surface area contributed by atoms with Gasteiger partial charge in [0.25, 0.3) is 0 Å². The molecule has 0 saturated heterocycles. The summed E-state index contributed by atoms with van der Waals surface area (Å²) in [5, 5.41) is 4.17. The first kappa shape index (κ1) is 13.0. The Morgan fingerprint density at radius 1 is 1.39 bits per heavy atom. The average Bonchev–Trinajstić information content (AvgIpc) is 2.78. The van der Waals surface area contributed by atoms with E-state index in [0.29, 0.717) is 12.1 Å². The lowest BCUT2D eigenvalue weighted by Gasteiger charge is -2.05. The fourth-order valence-corrected chi connectivity index (χ4v) is 2.33. The number of Topliss-reactive ketones (excluding diaryl/α,β-unsaturated/α-hetero) is 1. The van der Waals surface area contributed by atoms with Crippen LogP contribution in [0.5, 0.6) is 0 Å². The van der Waals surface area contributed by atoms with Crippen molar-refractivity contribution in [1.29, 1.82) is 0 Å². The van der Waals surface area contributed by atoms with Crippen LogP contribution in [0.1, 0.15) is 29.4 Å². The predicted octanol–water partition coefficient (Wildman–Crippen LogP) is 3.48. The van der Waals surface area contributed by atoms with Crippen LogP contribution in [0.3, 0.4) is 0 Å². The standard InChI is InChI=1S/C14H15BrN2O/c1-2-8-17-13(6-7-16-17)14(18)10-11-4-3-5-12(15)9-11/h3-7,9H,2,8,10H2,1H3. The van der Waals surface area contributed by atoms with Crippen LogP contribution in [0, 0.1) is 0 Å². The molecule has 0 aliphatic carbocycles. The largest absolute Gasteiger partial charge is 0.292 e. The first-order valence-electron chi connectivity index (χ1n) is 6.00. The normalized spacial score (nSPS) is 10.6. The van der Waals surface area contributed by atoms with Crippen molar-refractivity contribution in [2.24, 2.45) is 0 Å². The average molecular weight is 307 g/mol. The van der Waals surface area contributed by atoms with Crippen LogP contribution in [0.4, 0.5) is 0 Å². The molecule has 0 N–H and O–H groups in total. The molecule has 2 aromatic rings. The van der Waals surface area contributed by atoms with Crippen LogP contribution in [-0.2, 0) is 13.0 Å². The smallest absolute Gasteiger partial charge is 0.185 e. The van der Waals surface area contributed by atoms with Gasteiger partial charge in [0.15, 0.2) is 5.78 Å². The molecule has 94 valence electrons. The maximum Gasteiger partial charge on any atom is 0.185 e. The summed E-state index contributed by atoms with van der Waals surface area (Å²) in [4.78, 5) is 12.2. The van der Waals surface area contributed by atoms with E-state index in [1.807, 2.05) is 24.3 Å². The molecule has 1 aromatic carbocycles. The van der Waals surface area contributed by atoms with Gasteiger partial charge in [0, 0.05) is 23.6 Å². The summed E-state index contributed by atoms with van der Waals surface area (Å²) < 4.78 is 2.77. The molecular weight excluding hydrogens is 292 g/mol. The van der Waals surface area contributed by atoms with Crippen molar-refractivity contribution in [3.8, 4) is 0 Å². The third kappa shape index (κ3) is 3.07. The van der Waals surface area contributed by atoms with Gasteiger partial charge < -0.3 is 0 Å². The quantitative estimate of drug-likeness (QED) is 0.793. The molecule has 1 heterocycles. The molecule has 0 saturated carbocycles. The lowest BCUT2D eigenvalue weighted by molar-refractivity contribution is 0.0982. The Kier molecular flexibility index (Phi) is 4.31. The highest BCUT2D eigenvalue weighted by Crippen LogP contribution is 2.14. The van der Waals surface area contributed by atoms with Gasteiger partial charge in [0.05, 0.1) is 0 Å². The van der Waals surface area contributed by atoms with Crippen molar-refractivity contribution in [3.63, 3.8) is 0 Å². The van der Waals surface area contributed by atoms with E-state index in [4.69, 9.17) is 0 Å². The first-order valence-corrected chi connectivity index (χ1v) is 6.79. The van der Waals surface area contributed by atoms with Crippen molar-refractivity contribution >= 4 is 21.7 Å². The van der Waals surface area contributed by atoms with E-state index in [9.17, 15) is 4.79 Å². The predicted molar refractivity (Wildman–Crippen MR) is 74.7 cm³/mol. The Morgan fingerprint density at radius 2 is 2.22 bits per heavy atom. The molecule has 0 bridgehead atoms. The summed E-state index contributed by atoms with van der Waals surface area (Å²) in [6.07, 6.45) is 3.07. The maximum atomic E-state index is 12.2. The van der Waals surface area contributed by atoms with Crippen LogP contribution >= 0.6 is 15.9 Å². The van der Waals surface area contributed by atoms with Crippen molar-refractivity contribution in [3.05, 3.63) is 52.3 Å². The van der Waals surface area contributed by atoms with E-state index in [1.54, 1.807) is 16.9 Å². The monoisotopic (exact) mass is 306 g/mol. The number of carbonyl (C=O) groups excluding carboxylic acids is 1. The number of aryl methyl sites for hydroxylation is 1. The molecule has 4 heteroatoms. The van der Waals surface area contributed by atoms with Gasteiger partial charge in [-0.1, -0.05) is 35.0 Å². The number of nitrogens with zero attached hydrogens (tertiary/aromatic N) is 2. The Hall–Kier alpha value is -1.42. The van der Waals surface area contributed by atoms with E-state index in [-0.39, 0.29) is 5.78 Å². The summed E-state index contributed by atoms with van der Waals surface area (Å²) in [6, 6.07) is 9.61. The molecule has 0 spiro atoms. The fourth-order valence-electron chi connectivity index (χ4n) is 1.88. The summed E-state index contributed by atoms with van der Waals surface area (Å²) in [5.41, 5.74) is 1.70. The zero-order chi connectivity index (χ0) is 13.0. The second-order valence-corrected chi connectivity index (χ2v) is 5.09. The van der Waals surface area contributed by atoms with Crippen molar-refractivity contribution in [2.75, 3.05) is 0 Å². The third-order valence-corrected chi connectivity index (χ3v) is 3.18. The van der Waals surface area contributed by atoms with Gasteiger partial charge >= 0.3 is 0 Å². The number of benzene rings is 1. The summed E-state index contributed by atoms with van der Waals surface area (Å²) in [5.74, 6) is 0.110. The summed E-state index contributed by atoms with van der Waals surface area (Å²) in [6.45, 7) is 2.86. The molecule has 0 unspecified atom stereocenters. The highest BCUT2D eigenvalue weighted by atomic mass is 79.9. The highest BCUT2D eigenvalue weighted by Gasteiger charge is 2.12. The van der Waals surface area contributed by atoms with Crippen molar-refractivity contribution < 1.29 is 4.79 Å². The van der Waals surface area contributed by atoms with Crippen molar-refractivity contribution in [2.45, 2.75) is 26.3 Å². The van der Waals surface area contributed by atoms with Crippen LogP contribution in [0.2, 0.25) is 0 Å². The maximum absolute atomic E-state index is 12.2. The zero-order valence-corrected chi connectivity index (χ0v) is 11.9. The Bertz CT molecular complexity index is 548. The molecule has 0 radical (unpaired) electrons. The van der Waals surface area contributed by atoms with Gasteiger partial charge in [0.1, 0.15) is 5.69 Å². The van der Waals surface area contributed by atoms with E-state index < -0.39 is 0 Å². The molecule has 18 heavy (non-hydrogen) atoms. The molecule has 2 rings (SSSR count). The van der Waals surface area contributed by atoms with Crippen LogP contribution in [-0.4, -0.2) is 15.6 Å². The minimum Gasteiger partial charge on any atom is -0.292 e. The number of rotatable bonds is 5. The number of hydrogen-bond donors (Lipinski definition) is 0. The van der Waals surface area contributed by atoms with E-state index in [0.717, 1.165) is 23.0 Å². The van der Waals surface area contributed by atoms with Crippen molar-refractivity contribution in [1.82, 2.24) is 9.78 Å². The minimum absolute atomic E-state index is 0.110. The second-order valence-electron chi connectivity index (χ2n) is 4.17. The molecule has 0 fully saturated rings. The van der Waals surface area contributed by atoms with Gasteiger partial charge in [-0.15, -0.1) is 0 Å². The number of halogens is 1. The van der Waals surface area contributed by atoms with Crippen LogP contribution < -0.4 is 0 Å². The van der Waals surface area contributed by atoms with E-state index in [1.165, 1.54) is 0 Å². The summed E-state index contributed by atoms with van der Waals surface area (Å²) in [7, 11) is 0. The van der Waals surface area contributed by atoms with Gasteiger partial charge in [-0.3, -0.25) is 9.48 Å². The number of carbonyl (C=O) groups is 1. The molecular formula is C14H15BrN2O. The Morgan fingerprint density at radius 3 is 2.94 bits per heavy atom. The first-order chi connectivity index (χ1) is 8.70. The molecule has 0 aliphatic rings. The van der Waals surface area contributed by atoms with E-state index in [2.05, 4.69) is 28.0 Å². The van der Waals surface area contributed by atoms with Crippen LogP contribution in [0.25, 0.3) is 0 Å². The summed E-state index contributed by atoms with van der Waals surface area (Å²) >= 11 is 3.41. The van der Waals surface area contributed by atoms with Gasteiger partial charge in [-0.25, -0.2) is 0 Å². The number of ketones is 1. The Balaban J connectivity index is 2.14. The molecule has 1 aromatic heterocycles. The lowest BCUT2D eigenvalue weighted by atomic mass is 10.1. The highest BCUT2D eigenvalue weighted by molar-refractivity contribution is 9.10. The third-order valence-electron chi connectivity index (χ3n) is 2.69. The van der Waals surface area contributed by atoms with Gasteiger partial charge in [-0.2, -0.15) is 5.10 Å². The zero-order valence-electron chi connectivity index (χ0n) is 10.3. The number of hydrogen-bond acceptors (Lipinski definition) is 2. The molecule has 0 atom stereocenters. The topological polar surface area (TPSA) is 34.9 Å².